The van der Waals surface area contributed by atoms with Crippen molar-refractivity contribution in [3.63, 3.8) is 0 Å². The van der Waals surface area contributed by atoms with Crippen molar-refractivity contribution in [2.75, 3.05) is 13.6 Å². The fraction of sp³-hybridized carbons (Fsp3) is 0.478. The summed E-state index contributed by atoms with van der Waals surface area (Å²) in [5, 5.41) is 2.60. The van der Waals surface area contributed by atoms with Gasteiger partial charge in [0.2, 0.25) is 0 Å². The van der Waals surface area contributed by atoms with Crippen LogP contribution in [0.15, 0.2) is 60.7 Å². The van der Waals surface area contributed by atoms with Gasteiger partial charge < -0.3 is 18.6 Å². The SMILES string of the molecule is CC(C)(C)[Si](OC1C[C@@H]2OCOCO[C@@H]2C1)(c1ccccc1)c1ccccc1. The number of hydrogen-bond acceptors (Lipinski definition) is 4. The van der Waals surface area contributed by atoms with Gasteiger partial charge in [0, 0.05) is 12.8 Å². The van der Waals surface area contributed by atoms with E-state index in [2.05, 4.69) is 81.4 Å². The van der Waals surface area contributed by atoms with E-state index in [9.17, 15) is 0 Å². The number of benzene rings is 2. The number of fused-ring (bicyclic) bond motifs is 1. The first-order valence-electron chi connectivity index (χ1n) is 10.1. The molecule has 4 nitrogen and oxygen atoms in total. The number of ether oxygens (including phenoxy) is 3. The van der Waals surface area contributed by atoms with Gasteiger partial charge in [-0.3, -0.25) is 0 Å². The average molecular weight is 399 g/mol. The van der Waals surface area contributed by atoms with E-state index in [4.69, 9.17) is 18.6 Å². The molecule has 1 aliphatic carbocycles. The molecule has 0 aromatic heterocycles. The topological polar surface area (TPSA) is 36.9 Å². The lowest BCUT2D eigenvalue weighted by Crippen LogP contribution is -2.67. The van der Waals surface area contributed by atoms with Crippen LogP contribution in [-0.4, -0.2) is 40.2 Å². The second kappa shape index (κ2) is 8.09. The second-order valence-electron chi connectivity index (χ2n) is 8.72. The predicted molar refractivity (Wildman–Crippen MR) is 112 cm³/mol. The van der Waals surface area contributed by atoms with Gasteiger partial charge in [-0.1, -0.05) is 81.4 Å². The standard InChI is InChI=1S/C23H30O4Si/c1-23(2,3)28(19-10-6-4-7-11-19,20-12-8-5-9-13-20)27-18-14-21-22(15-18)26-17-24-16-25-21/h4-13,18,21-22H,14-17H2,1-3H3/t18?,21-,22+. The summed E-state index contributed by atoms with van der Waals surface area (Å²) in [6.45, 7) is 7.54. The Labute approximate surface area is 168 Å². The molecule has 0 spiro atoms. The molecule has 1 saturated heterocycles. The quantitative estimate of drug-likeness (QED) is 0.740. The molecule has 2 aromatic carbocycles. The van der Waals surface area contributed by atoms with E-state index in [1.54, 1.807) is 0 Å². The fourth-order valence-corrected chi connectivity index (χ4v) is 9.32. The molecular formula is C23H30O4Si. The third kappa shape index (κ3) is 3.70. The molecule has 0 radical (unpaired) electrons. The molecule has 1 unspecified atom stereocenters. The van der Waals surface area contributed by atoms with Crippen LogP contribution in [0.3, 0.4) is 0 Å². The Kier molecular flexibility index (Phi) is 5.72. The zero-order chi connectivity index (χ0) is 19.6. The third-order valence-electron chi connectivity index (χ3n) is 5.90. The van der Waals surface area contributed by atoms with E-state index in [1.807, 2.05) is 0 Å². The van der Waals surface area contributed by atoms with Gasteiger partial charge in [0.25, 0.3) is 8.32 Å². The maximum atomic E-state index is 7.21. The highest BCUT2D eigenvalue weighted by atomic mass is 28.4. The lowest BCUT2D eigenvalue weighted by Gasteiger charge is -2.44. The summed E-state index contributed by atoms with van der Waals surface area (Å²) in [6.07, 6.45) is 1.90. The molecule has 2 fully saturated rings. The van der Waals surface area contributed by atoms with Crippen LogP contribution in [0.25, 0.3) is 0 Å². The molecule has 2 aliphatic rings. The summed E-state index contributed by atoms with van der Waals surface area (Å²) in [4.78, 5) is 0. The Balaban J connectivity index is 1.73. The summed E-state index contributed by atoms with van der Waals surface area (Å²) in [5.41, 5.74) is 0. The van der Waals surface area contributed by atoms with E-state index in [1.165, 1.54) is 10.4 Å². The van der Waals surface area contributed by atoms with E-state index in [0.29, 0.717) is 13.6 Å². The molecule has 1 saturated carbocycles. The van der Waals surface area contributed by atoms with Crippen molar-refractivity contribution < 1.29 is 18.6 Å². The summed E-state index contributed by atoms with van der Waals surface area (Å²) in [5.74, 6) is 0. The second-order valence-corrected chi connectivity index (χ2v) is 13.0. The highest BCUT2D eigenvalue weighted by Gasteiger charge is 2.53. The lowest BCUT2D eigenvalue weighted by atomic mass is 10.2. The van der Waals surface area contributed by atoms with Gasteiger partial charge in [-0.15, -0.1) is 0 Å². The van der Waals surface area contributed by atoms with Crippen molar-refractivity contribution in [2.45, 2.75) is 57.0 Å². The molecule has 0 amide bonds. The number of hydrogen-bond donors (Lipinski definition) is 0. The molecule has 4 rings (SSSR count). The first-order valence-corrected chi connectivity index (χ1v) is 12.0. The molecule has 5 heteroatoms. The molecule has 1 heterocycles. The van der Waals surface area contributed by atoms with Crippen LogP contribution < -0.4 is 10.4 Å². The third-order valence-corrected chi connectivity index (χ3v) is 11.0. The van der Waals surface area contributed by atoms with Crippen molar-refractivity contribution in [2.24, 2.45) is 0 Å². The molecule has 28 heavy (non-hydrogen) atoms. The van der Waals surface area contributed by atoms with Crippen LogP contribution in [0.5, 0.6) is 0 Å². The average Bonchev–Trinajstić information content (AvgIpc) is 2.95. The van der Waals surface area contributed by atoms with Gasteiger partial charge >= 0.3 is 0 Å². The van der Waals surface area contributed by atoms with Gasteiger partial charge in [0.1, 0.15) is 13.6 Å². The maximum Gasteiger partial charge on any atom is 0.261 e. The minimum Gasteiger partial charge on any atom is -0.404 e. The molecule has 2 aromatic rings. The molecule has 1 aliphatic heterocycles. The Morgan fingerprint density at radius 1 is 0.786 bits per heavy atom. The van der Waals surface area contributed by atoms with Crippen LogP contribution in [0.4, 0.5) is 0 Å². The zero-order valence-electron chi connectivity index (χ0n) is 17.0. The largest absolute Gasteiger partial charge is 0.404 e. The van der Waals surface area contributed by atoms with Gasteiger partial charge in [0.05, 0.1) is 18.3 Å². The van der Waals surface area contributed by atoms with E-state index < -0.39 is 8.32 Å². The smallest absolute Gasteiger partial charge is 0.261 e. The van der Waals surface area contributed by atoms with E-state index >= 15 is 0 Å². The molecular weight excluding hydrogens is 368 g/mol. The monoisotopic (exact) mass is 398 g/mol. The fourth-order valence-electron chi connectivity index (χ4n) is 4.61. The Bertz CT molecular complexity index is 706. The van der Waals surface area contributed by atoms with Crippen LogP contribution in [-0.2, 0) is 18.6 Å². The molecule has 0 N–H and O–H groups in total. The summed E-state index contributed by atoms with van der Waals surface area (Å²) in [7, 11) is -2.53. The minimum atomic E-state index is -2.53. The normalized spacial score (nSPS) is 25.9. The number of rotatable bonds is 4. The Morgan fingerprint density at radius 3 is 1.68 bits per heavy atom. The summed E-state index contributed by atoms with van der Waals surface area (Å²) >= 11 is 0. The van der Waals surface area contributed by atoms with Crippen LogP contribution >= 0.6 is 0 Å². The predicted octanol–water partition coefficient (Wildman–Crippen LogP) is 3.44. The molecule has 3 atom stereocenters. The van der Waals surface area contributed by atoms with E-state index in [0.717, 1.165) is 12.8 Å². The van der Waals surface area contributed by atoms with Gasteiger partial charge in [-0.05, 0) is 15.4 Å². The van der Waals surface area contributed by atoms with Crippen molar-refractivity contribution in [1.82, 2.24) is 0 Å². The van der Waals surface area contributed by atoms with Gasteiger partial charge in [-0.2, -0.15) is 0 Å². The summed E-state index contributed by atoms with van der Waals surface area (Å²) < 4.78 is 24.2. The Morgan fingerprint density at radius 2 is 1.25 bits per heavy atom. The van der Waals surface area contributed by atoms with Gasteiger partial charge in [0.15, 0.2) is 0 Å². The van der Waals surface area contributed by atoms with Gasteiger partial charge in [-0.25, -0.2) is 0 Å². The lowest BCUT2D eigenvalue weighted by molar-refractivity contribution is -0.0955. The van der Waals surface area contributed by atoms with Crippen molar-refractivity contribution >= 4 is 18.7 Å². The van der Waals surface area contributed by atoms with E-state index in [-0.39, 0.29) is 23.4 Å². The van der Waals surface area contributed by atoms with Crippen molar-refractivity contribution in [3.8, 4) is 0 Å². The zero-order valence-corrected chi connectivity index (χ0v) is 18.0. The summed E-state index contributed by atoms with van der Waals surface area (Å²) in [6, 6.07) is 21.6. The van der Waals surface area contributed by atoms with Crippen LogP contribution in [0.1, 0.15) is 33.6 Å². The minimum absolute atomic E-state index is 0.0226. The molecule has 0 bridgehead atoms. The highest BCUT2D eigenvalue weighted by molar-refractivity contribution is 6.99. The van der Waals surface area contributed by atoms with Crippen molar-refractivity contribution in [3.05, 3.63) is 60.7 Å². The van der Waals surface area contributed by atoms with Crippen LogP contribution in [0.2, 0.25) is 5.04 Å². The Hall–Kier alpha value is -1.50. The first kappa shape index (κ1) is 19.8. The van der Waals surface area contributed by atoms with Crippen LogP contribution in [0, 0.1) is 0 Å². The van der Waals surface area contributed by atoms with Crippen molar-refractivity contribution in [1.29, 1.82) is 0 Å². The maximum absolute atomic E-state index is 7.21. The molecule has 150 valence electrons. The first-order chi connectivity index (χ1) is 13.5. The highest BCUT2D eigenvalue weighted by Crippen LogP contribution is 2.40.